The summed E-state index contributed by atoms with van der Waals surface area (Å²) >= 11 is 0. The normalized spacial score (nSPS) is 17.4. The van der Waals surface area contributed by atoms with Crippen molar-refractivity contribution in [1.82, 2.24) is 4.98 Å². The van der Waals surface area contributed by atoms with Crippen LogP contribution in [-0.2, 0) is 25.7 Å². The van der Waals surface area contributed by atoms with E-state index in [4.69, 9.17) is 4.98 Å². The average Bonchev–Trinajstić information content (AvgIpc) is 2.87. The number of benzene rings is 3. The number of nitrogens with zero attached hydrogens (tertiary/aromatic N) is 1. The van der Waals surface area contributed by atoms with Gasteiger partial charge in [0.2, 0.25) is 0 Å². The largest absolute Gasteiger partial charge is 0.256 e. The fourth-order valence-electron chi connectivity index (χ4n) is 6.69. The number of fused-ring (bicyclic) bond motifs is 1. The highest BCUT2D eigenvalue weighted by Crippen LogP contribution is 2.46. The molecule has 3 aliphatic carbocycles. The van der Waals surface area contributed by atoms with Gasteiger partial charge >= 0.3 is 0 Å². The van der Waals surface area contributed by atoms with Crippen LogP contribution in [-0.4, -0.2) is 4.98 Å². The molecular formula is C31H29N. The lowest BCUT2D eigenvalue weighted by molar-refractivity contribution is 0.443. The molecule has 7 rings (SSSR count). The van der Waals surface area contributed by atoms with Gasteiger partial charge < -0.3 is 0 Å². The van der Waals surface area contributed by atoms with Crippen molar-refractivity contribution in [2.45, 2.75) is 63.7 Å². The van der Waals surface area contributed by atoms with E-state index >= 15 is 0 Å². The molecule has 0 N–H and O–H groups in total. The molecule has 0 bridgehead atoms. The number of aryl methyl sites for hydroxylation is 4. The zero-order valence-corrected chi connectivity index (χ0v) is 18.7. The summed E-state index contributed by atoms with van der Waals surface area (Å²) in [4.78, 5) is 4.82. The maximum absolute atomic E-state index is 4.82. The van der Waals surface area contributed by atoms with Crippen LogP contribution in [0.15, 0.2) is 60.8 Å². The molecule has 0 saturated heterocycles. The van der Waals surface area contributed by atoms with Crippen LogP contribution in [0.2, 0.25) is 0 Å². The third-order valence-corrected chi connectivity index (χ3v) is 8.23. The first-order valence-corrected chi connectivity index (χ1v) is 12.5. The van der Waals surface area contributed by atoms with Crippen LogP contribution in [0.1, 0.15) is 65.8 Å². The first kappa shape index (κ1) is 18.6. The topological polar surface area (TPSA) is 12.9 Å². The molecule has 0 amide bonds. The molecule has 1 heterocycles. The van der Waals surface area contributed by atoms with E-state index < -0.39 is 0 Å². The standard InChI is InChI=1S/C31H29N/c1-2-6-20(7-3-1)26-16-22-10-12-24-18-27(19-25-13-11-23(17-26)29(22)30(24)25)31-28-9-5-4-8-21(28)14-15-32-31/h4-5,8-9,14-20H,1-3,6-7,10-13H2. The van der Waals surface area contributed by atoms with Crippen molar-refractivity contribution in [3.8, 4) is 22.4 Å². The molecule has 0 radical (unpaired) electrons. The van der Waals surface area contributed by atoms with E-state index in [0.717, 1.165) is 24.5 Å². The fraction of sp³-hybridized carbons (Fsp3) is 0.323. The highest BCUT2D eigenvalue weighted by Gasteiger charge is 2.28. The molecule has 0 atom stereocenters. The lowest BCUT2D eigenvalue weighted by Crippen LogP contribution is -2.16. The Morgan fingerprint density at radius 2 is 1.28 bits per heavy atom. The van der Waals surface area contributed by atoms with E-state index in [9.17, 15) is 0 Å². The van der Waals surface area contributed by atoms with Crippen LogP contribution in [0.4, 0.5) is 0 Å². The van der Waals surface area contributed by atoms with Crippen LogP contribution in [0.3, 0.4) is 0 Å². The van der Waals surface area contributed by atoms with Crippen molar-refractivity contribution in [1.29, 1.82) is 0 Å². The molecule has 4 aromatic rings. The maximum Gasteiger partial charge on any atom is 0.0780 e. The van der Waals surface area contributed by atoms with Crippen molar-refractivity contribution in [3.05, 3.63) is 88.6 Å². The summed E-state index contributed by atoms with van der Waals surface area (Å²) < 4.78 is 0. The quantitative estimate of drug-likeness (QED) is 0.325. The van der Waals surface area contributed by atoms with Crippen LogP contribution in [0.25, 0.3) is 33.2 Å². The van der Waals surface area contributed by atoms with Gasteiger partial charge in [-0.2, -0.15) is 0 Å². The predicted octanol–water partition coefficient (Wildman–Crippen LogP) is 7.81. The molecule has 3 aromatic carbocycles. The molecule has 0 aliphatic heterocycles. The van der Waals surface area contributed by atoms with Crippen LogP contribution < -0.4 is 0 Å². The highest BCUT2D eigenvalue weighted by atomic mass is 14.7. The van der Waals surface area contributed by atoms with Crippen molar-refractivity contribution in [3.63, 3.8) is 0 Å². The molecule has 3 aliphatic rings. The Balaban J connectivity index is 1.37. The Morgan fingerprint density at radius 3 is 1.97 bits per heavy atom. The molecule has 1 saturated carbocycles. The van der Waals surface area contributed by atoms with Gasteiger partial charge in [0.25, 0.3) is 0 Å². The summed E-state index contributed by atoms with van der Waals surface area (Å²) in [5, 5.41) is 2.53. The first-order valence-electron chi connectivity index (χ1n) is 12.5. The Hall–Kier alpha value is -2.93. The smallest absolute Gasteiger partial charge is 0.0780 e. The minimum Gasteiger partial charge on any atom is -0.256 e. The van der Waals surface area contributed by atoms with Gasteiger partial charge in [0, 0.05) is 17.1 Å². The van der Waals surface area contributed by atoms with Crippen LogP contribution >= 0.6 is 0 Å². The van der Waals surface area contributed by atoms with Crippen molar-refractivity contribution >= 4 is 10.8 Å². The van der Waals surface area contributed by atoms with Crippen LogP contribution in [0, 0.1) is 0 Å². The van der Waals surface area contributed by atoms with E-state index in [-0.39, 0.29) is 0 Å². The van der Waals surface area contributed by atoms with Crippen molar-refractivity contribution in [2.24, 2.45) is 0 Å². The minimum absolute atomic E-state index is 0.799. The second-order valence-electron chi connectivity index (χ2n) is 10.1. The third-order valence-electron chi connectivity index (χ3n) is 8.23. The molecular weight excluding hydrogens is 386 g/mol. The number of rotatable bonds is 2. The Kier molecular flexibility index (Phi) is 4.25. The maximum atomic E-state index is 4.82. The van der Waals surface area contributed by atoms with Crippen molar-refractivity contribution in [2.75, 3.05) is 0 Å². The van der Waals surface area contributed by atoms with Gasteiger partial charge in [-0.15, -0.1) is 0 Å². The Labute approximate surface area is 190 Å². The molecule has 1 nitrogen and oxygen atoms in total. The minimum atomic E-state index is 0.799. The molecule has 0 unspecified atom stereocenters. The molecule has 0 spiro atoms. The summed E-state index contributed by atoms with van der Waals surface area (Å²) in [6.45, 7) is 0. The summed E-state index contributed by atoms with van der Waals surface area (Å²) in [6.07, 6.45) is 13.7. The SMILES string of the molecule is c1ccc2c(-c3cc4c5c(c3)CCc3cc(C6CCCCC6)cc(c3-5)CC4)nccc2c1. The summed E-state index contributed by atoms with van der Waals surface area (Å²) in [7, 11) is 0. The second-order valence-corrected chi connectivity index (χ2v) is 10.1. The number of hydrogen-bond acceptors (Lipinski definition) is 1. The van der Waals surface area contributed by atoms with Gasteiger partial charge in [-0.1, -0.05) is 55.7 Å². The fourth-order valence-corrected chi connectivity index (χ4v) is 6.69. The molecule has 1 fully saturated rings. The predicted molar refractivity (Wildman–Crippen MR) is 133 cm³/mol. The molecule has 32 heavy (non-hydrogen) atoms. The third kappa shape index (κ3) is 2.87. The summed E-state index contributed by atoms with van der Waals surface area (Å²) in [5.74, 6) is 0.799. The van der Waals surface area contributed by atoms with Crippen LogP contribution in [0.5, 0.6) is 0 Å². The van der Waals surface area contributed by atoms with Gasteiger partial charge in [-0.05, 0) is 107 Å². The van der Waals surface area contributed by atoms with Gasteiger partial charge in [0.15, 0.2) is 0 Å². The number of pyridine rings is 1. The van der Waals surface area contributed by atoms with E-state index in [1.807, 2.05) is 6.20 Å². The van der Waals surface area contributed by atoms with Gasteiger partial charge in [-0.3, -0.25) is 4.98 Å². The van der Waals surface area contributed by atoms with E-state index in [1.165, 1.54) is 72.4 Å². The van der Waals surface area contributed by atoms with E-state index in [2.05, 4.69) is 54.6 Å². The lowest BCUT2D eigenvalue weighted by atomic mass is 9.72. The van der Waals surface area contributed by atoms with Gasteiger partial charge in [0.05, 0.1) is 5.69 Å². The van der Waals surface area contributed by atoms with E-state index in [1.54, 1.807) is 27.8 Å². The molecule has 158 valence electrons. The van der Waals surface area contributed by atoms with Crippen molar-refractivity contribution < 1.29 is 0 Å². The average molecular weight is 416 g/mol. The Morgan fingerprint density at radius 1 is 0.656 bits per heavy atom. The number of hydrogen-bond donors (Lipinski definition) is 0. The number of aromatic nitrogens is 1. The zero-order valence-electron chi connectivity index (χ0n) is 18.7. The molecule has 1 aromatic heterocycles. The summed E-state index contributed by atoms with van der Waals surface area (Å²) in [6, 6.07) is 20.8. The second kappa shape index (κ2) is 7.30. The first-order chi connectivity index (χ1) is 15.8. The van der Waals surface area contributed by atoms with Gasteiger partial charge in [0.1, 0.15) is 0 Å². The highest BCUT2D eigenvalue weighted by molar-refractivity contribution is 5.95. The summed E-state index contributed by atoms with van der Waals surface area (Å²) in [5.41, 5.74) is 13.5. The zero-order chi connectivity index (χ0) is 21.1. The van der Waals surface area contributed by atoms with E-state index in [0.29, 0.717) is 0 Å². The van der Waals surface area contributed by atoms with Gasteiger partial charge in [-0.25, -0.2) is 0 Å². The Bertz CT molecular complexity index is 1300. The molecule has 1 heteroatoms. The monoisotopic (exact) mass is 415 g/mol. The lowest BCUT2D eigenvalue weighted by Gasteiger charge is -2.32.